The van der Waals surface area contributed by atoms with Crippen molar-refractivity contribution in [3.05, 3.63) is 34.9 Å². The normalized spacial score (nSPS) is 12.3. The molecule has 1 aromatic carbocycles. The summed E-state index contributed by atoms with van der Waals surface area (Å²) in [7, 11) is 0. The van der Waals surface area contributed by atoms with Crippen molar-refractivity contribution in [2.75, 3.05) is 6.61 Å². The largest absolute Gasteiger partial charge is 0.466 e. The molecule has 0 aliphatic heterocycles. The molecular weight excluding hydrogens is 256 g/mol. The van der Waals surface area contributed by atoms with E-state index in [-0.39, 0.29) is 12.7 Å². The van der Waals surface area contributed by atoms with E-state index in [1.165, 1.54) is 6.92 Å². The molecule has 0 radical (unpaired) electrons. The molecule has 0 aliphatic carbocycles. The van der Waals surface area contributed by atoms with E-state index in [4.69, 9.17) is 0 Å². The maximum atomic E-state index is 13.2. The Balaban J connectivity index is 3.05. The van der Waals surface area contributed by atoms with Gasteiger partial charge in [0.25, 0.3) is 0 Å². The Morgan fingerprint density at radius 1 is 1.28 bits per heavy atom. The first-order chi connectivity index (χ1) is 8.38. The number of hydrogen-bond donors (Lipinski definition) is 1. The molecule has 7 heteroatoms. The van der Waals surface area contributed by atoms with Crippen LogP contribution in [0.25, 0.3) is 0 Å². The molecule has 0 saturated carbocycles. The third-order valence-corrected chi connectivity index (χ3v) is 2.14. The van der Waals surface area contributed by atoms with E-state index in [0.717, 1.165) is 0 Å². The van der Waals surface area contributed by atoms with Crippen LogP contribution in [0.3, 0.4) is 0 Å². The Morgan fingerprint density at radius 3 is 2.22 bits per heavy atom. The number of esters is 1. The molecular formula is C11H10F4O3. The first-order valence-electron chi connectivity index (χ1n) is 5.05. The molecule has 18 heavy (non-hydrogen) atoms. The molecule has 0 amide bonds. The highest BCUT2D eigenvalue weighted by atomic mass is 19.2. The molecule has 1 aromatic rings. The fourth-order valence-electron chi connectivity index (χ4n) is 1.36. The lowest BCUT2D eigenvalue weighted by molar-refractivity contribution is -0.145. The lowest BCUT2D eigenvalue weighted by atomic mass is 10.0. The van der Waals surface area contributed by atoms with Crippen LogP contribution in [0.4, 0.5) is 17.6 Å². The predicted octanol–water partition coefficient (Wildman–Crippen LogP) is 2.23. The highest BCUT2D eigenvalue weighted by molar-refractivity contribution is 5.70. The van der Waals surface area contributed by atoms with Crippen molar-refractivity contribution >= 4 is 5.97 Å². The van der Waals surface area contributed by atoms with Crippen LogP contribution in [0.5, 0.6) is 0 Å². The molecule has 0 heterocycles. The van der Waals surface area contributed by atoms with E-state index in [2.05, 4.69) is 4.74 Å². The van der Waals surface area contributed by atoms with Crippen molar-refractivity contribution in [3.8, 4) is 0 Å². The quantitative estimate of drug-likeness (QED) is 0.516. The molecule has 0 bridgehead atoms. The summed E-state index contributed by atoms with van der Waals surface area (Å²) in [4.78, 5) is 11.0. The minimum Gasteiger partial charge on any atom is -0.466 e. The molecule has 0 aromatic heterocycles. The van der Waals surface area contributed by atoms with Gasteiger partial charge >= 0.3 is 5.97 Å². The first-order valence-corrected chi connectivity index (χ1v) is 5.05. The Labute approximate surface area is 100.0 Å². The van der Waals surface area contributed by atoms with Gasteiger partial charge in [0.2, 0.25) is 0 Å². The number of aliphatic hydroxyl groups excluding tert-OH is 1. The summed E-state index contributed by atoms with van der Waals surface area (Å²) in [5, 5.41) is 9.41. The Bertz CT molecular complexity index is 436. The van der Waals surface area contributed by atoms with Crippen molar-refractivity contribution in [1.82, 2.24) is 0 Å². The second kappa shape index (κ2) is 5.81. The summed E-state index contributed by atoms with van der Waals surface area (Å²) in [6.07, 6.45) is -2.82. The number of rotatable bonds is 4. The van der Waals surface area contributed by atoms with Gasteiger partial charge in [-0.1, -0.05) is 0 Å². The van der Waals surface area contributed by atoms with Gasteiger partial charge in [-0.05, 0) is 6.92 Å². The lowest BCUT2D eigenvalue weighted by Crippen LogP contribution is -2.14. The minimum absolute atomic E-state index is 0.00797. The first kappa shape index (κ1) is 14.4. The minimum atomic E-state index is -2.02. The molecule has 0 aliphatic rings. The topological polar surface area (TPSA) is 46.5 Å². The number of ether oxygens (including phenoxy) is 1. The van der Waals surface area contributed by atoms with Crippen LogP contribution in [0, 0.1) is 23.3 Å². The number of carbonyl (C=O) groups is 1. The molecule has 1 unspecified atom stereocenters. The molecule has 3 nitrogen and oxygen atoms in total. The summed E-state index contributed by atoms with van der Waals surface area (Å²) in [5.74, 6) is -7.69. The van der Waals surface area contributed by atoms with Gasteiger partial charge in [0.05, 0.1) is 24.7 Å². The summed E-state index contributed by atoms with van der Waals surface area (Å²) in [5.41, 5.74) is -1.22. The van der Waals surface area contributed by atoms with Crippen LogP contribution >= 0.6 is 0 Å². The van der Waals surface area contributed by atoms with E-state index in [9.17, 15) is 27.5 Å². The van der Waals surface area contributed by atoms with Gasteiger partial charge in [-0.2, -0.15) is 0 Å². The average molecular weight is 266 g/mol. The summed E-state index contributed by atoms with van der Waals surface area (Å²) < 4.78 is 56.6. The average Bonchev–Trinajstić information content (AvgIpc) is 2.27. The summed E-state index contributed by atoms with van der Waals surface area (Å²) in [6.45, 7) is 1.50. The second-order valence-corrected chi connectivity index (χ2v) is 3.41. The SMILES string of the molecule is CCOC(=O)CC(O)c1c(F)c(F)cc(F)c1F. The lowest BCUT2D eigenvalue weighted by Gasteiger charge is -2.13. The van der Waals surface area contributed by atoms with Crippen LogP contribution in [-0.2, 0) is 9.53 Å². The highest BCUT2D eigenvalue weighted by Crippen LogP contribution is 2.27. The third kappa shape index (κ3) is 2.98. The van der Waals surface area contributed by atoms with Gasteiger partial charge in [0.1, 0.15) is 0 Å². The maximum Gasteiger partial charge on any atom is 0.308 e. The van der Waals surface area contributed by atoms with Crippen molar-refractivity contribution < 1.29 is 32.2 Å². The van der Waals surface area contributed by atoms with E-state index in [1.54, 1.807) is 0 Å². The van der Waals surface area contributed by atoms with Crippen LogP contribution in [0.15, 0.2) is 6.07 Å². The molecule has 1 N–H and O–H groups in total. The summed E-state index contributed by atoms with van der Waals surface area (Å²) >= 11 is 0. The van der Waals surface area contributed by atoms with E-state index in [1.807, 2.05) is 0 Å². The van der Waals surface area contributed by atoms with E-state index in [0.29, 0.717) is 0 Å². The zero-order valence-electron chi connectivity index (χ0n) is 9.34. The van der Waals surface area contributed by atoms with Gasteiger partial charge in [0.15, 0.2) is 23.3 Å². The molecule has 0 spiro atoms. The standard InChI is InChI=1S/C11H10F4O3/c1-2-18-8(17)4-7(16)9-10(14)5(12)3-6(13)11(9)15/h3,7,16H,2,4H2,1H3. The zero-order chi connectivity index (χ0) is 13.9. The monoisotopic (exact) mass is 266 g/mol. The molecule has 1 atom stereocenters. The van der Waals surface area contributed by atoms with Crippen LogP contribution in [0.1, 0.15) is 25.0 Å². The molecule has 0 saturated heterocycles. The molecule has 100 valence electrons. The Kier molecular flexibility index (Phi) is 4.66. The fourth-order valence-corrected chi connectivity index (χ4v) is 1.36. The molecule has 0 fully saturated rings. The van der Waals surface area contributed by atoms with Crippen LogP contribution < -0.4 is 0 Å². The van der Waals surface area contributed by atoms with Crippen LogP contribution in [-0.4, -0.2) is 17.7 Å². The van der Waals surface area contributed by atoms with Crippen molar-refractivity contribution in [2.24, 2.45) is 0 Å². The maximum absolute atomic E-state index is 13.2. The number of hydrogen-bond acceptors (Lipinski definition) is 3. The van der Waals surface area contributed by atoms with E-state index >= 15 is 0 Å². The predicted molar refractivity (Wildman–Crippen MR) is 52.5 cm³/mol. The Morgan fingerprint density at radius 2 is 1.78 bits per heavy atom. The zero-order valence-corrected chi connectivity index (χ0v) is 9.34. The number of halogens is 4. The van der Waals surface area contributed by atoms with Gasteiger partial charge in [0, 0.05) is 6.07 Å². The summed E-state index contributed by atoms with van der Waals surface area (Å²) in [6, 6.07) is 0.0191. The van der Waals surface area contributed by atoms with Gasteiger partial charge < -0.3 is 9.84 Å². The number of aliphatic hydroxyl groups is 1. The highest BCUT2D eigenvalue weighted by Gasteiger charge is 2.26. The fraction of sp³-hybridized carbons (Fsp3) is 0.364. The smallest absolute Gasteiger partial charge is 0.308 e. The van der Waals surface area contributed by atoms with Gasteiger partial charge in [-0.15, -0.1) is 0 Å². The number of benzene rings is 1. The van der Waals surface area contributed by atoms with Crippen molar-refractivity contribution in [1.29, 1.82) is 0 Å². The van der Waals surface area contributed by atoms with Gasteiger partial charge in [-0.3, -0.25) is 4.79 Å². The number of carbonyl (C=O) groups excluding carboxylic acids is 1. The molecule has 1 rings (SSSR count). The van der Waals surface area contributed by atoms with Crippen molar-refractivity contribution in [2.45, 2.75) is 19.4 Å². The second-order valence-electron chi connectivity index (χ2n) is 3.41. The van der Waals surface area contributed by atoms with E-state index < -0.39 is 47.3 Å². The van der Waals surface area contributed by atoms with Gasteiger partial charge in [-0.25, -0.2) is 17.6 Å². The van der Waals surface area contributed by atoms with Crippen molar-refractivity contribution in [3.63, 3.8) is 0 Å². The third-order valence-electron chi connectivity index (χ3n) is 2.14. The Hall–Kier alpha value is -1.63. The van der Waals surface area contributed by atoms with Crippen LogP contribution in [0.2, 0.25) is 0 Å².